The average Bonchev–Trinajstić information content (AvgIpc) is 2.57. The van der Waals surface area contributed by atoms with Crippen LogP contribution in [0.4, 0.5) is 5.69 Å². The molecule has 126 valence electrons. The van der Waals surface area contributed by atoms with Crippen LogP contribution in [-0.2, 0) is 6.54 Å². The molecule has 2 aromatic rings. The van der Waals surface area contributed by atoms with E-state index in [0.717, 1.165) is 37.4 Å². The maximum atomic E-state index is 12.4. The average molecular weight is 325 g/mol. The van der Waals surface area contributed by atoms with E-state index in [9.17, 15) is 4.79 Å². The Balaban J connectivity index is 1.65. The number of likely N-dealkylation sites (N-methyl/N-ethyl adjacent to an activating group) is 1. The van der Waals surface area contributed by atoms with Crippen LogP contribution in [0.1, 0.15) is 21.9 Å². The van der Waals surface area contributed by atoms with Gasteiger partial charge in [-0.05, 0) is 37.7 Å². The number of nitrogens with zero attached hydrogens (tertiary/aromatic N) is 4. The second-order valence-corrected chi connectivity index (χ2v) is 6.26. The van der Waals surface area contributed by atoms with E-state index < -0.39 is 0 Å². The van der Waals surface area contributed by atoms with Crippen LogP contribution in [0.3, 0.4) is 0 Å². The van der Waals surface area contributed by atoms with Crippen molar-refractivity contribution in [1.82, 2.24) is 19.8 Å². The fourth-order valence-corrected chi connectivity index (χ4v) is 2.73. The van der Waals surface area contributed by atoms with Gasteiger partial charge in [0.15, 0.2) is 0 Å². The summed E-state index contributed by atoms with van der Waals surface area (Å²) in [6, 6.07) is 9.37. The van der Waals surface area contributed by atoms with Gasteiger partial charge in [-0.25, -0.2) is 9.97 Å². The molecule has 0 unspecified atom stereocenters. The Morgan fingerprint density at radius 3 is 2.75 bits per heavy atom. The number of piperazine rings is 1. The van der Waals surface area contributed by atoms with Gasteiger partial charge in [0.1, 0.15) is 11.5 Å². The van der Waals surface area contributed by atoms with Crippen LogP contribution in [0.25, 0.3) is 0 Å². The van der Waals surface area contributed by atoms with Gasteiger partial charge in [0, 0.05) is 38.1 Å². The predicted molar refractivity (Wildman–Crippen MR) is 93.9 cm³/mol. The van der Waals surface area contributed by atoms with Crippen LogP contribution in [0.2, 0.25) is 0 Å². The zero-order valence-corrected chi connectivity index (χ0v) is 14.2. The van der Waals surface area contributed by atoms with Gasteiger partial charge in [0.25, 0.3) is 5.91 Å². The summed E-state index contributed by atoms with van der Waals surface area (Å²) in [5.74, 6) is 0.485. The summed E-state index contributed by atoms with van der Waals surface area (Å²) < 4.78 is 0. The predicted octanol–water partition coefficient (Wildman–Crippen LogP) is 1.78. The molecule has 1 fully saturated rings. The number of hydrogen-bond acceptors (Lipinski definition) is 5. The highest BCUT2D eigenvalue weighted by atomic mass is 16.1. The quantitative estimate of drug-likeness (QED) is 0.928. The smallest absolute Gasteiger partial charge is 0.274 e. The number of aromatic nitrogens is 2. The third-order valence-corrected chi connectivity index (χ3v) is 4.17. The summed E-state index contributed by atoms with van der Waals surface area (Å²) in [7, 11) is 2.13. The number of aryl methyl sites for hydroxylation is 1. The normalized spacial score (nSPS) is 16.1. The number of benzene rings is 1. The molecule has 0 bridgehead atoms. The van der Waals surface area contributed by atoms with E-state index in [-0.39, 0.29) is 5.91 Å². The van der Waals surface area contributed by atoms with E-state index in [1.165, 1.54) is 0 Å². The molecule has 0 saturated carbocycles. The van der Waals surface area contributed by atoms with Crippen molar-refractivity contribution in [3.05, 3.63) is 53.6 Å². The van der Waals surface area contributed by atoms with E-state index in [0.29, 0.717) is 18.1 Å². The highest BCUT2D eigenvalue weighted by molar-refractivity contribution is 6.02. The molecule has 3 rings (SSSR count). The van der Waals surface area contributed by atoms with E-state index in [4.69, 9.17) is 0 Å². The van der Waals surface area contributed by atoms with Crippen molar-refractivity contribution in [2.24, 2.45) is 0 Å². The van der Waals surface area contributed by atoms with Gasteiger partial charge in [0.05, 0.1) is 6.54 Å². The first kappa shape index (κ1) is 16.5. The largest absolute Gasteiger partial charge is 0.321 e. The third-order valence-electron chi connectivity index (χ3n) is 4.17. The zero-order valence-electron chi connectivity index (χ0n) is 14.2. The molecule has 0 atom stereocenters. The molecule has 1 aliphatic rings. The molecule has 1 aromatic carbocycles. The summed E-state index contributed by atoms with van der Waals surface area (Å²) in [5, 5.41) is 2.89. The van der Waals surface area contributed by atoms with E-state index in [2.05, 4.69) is 32.1 Å². The molecule has 6 heteroatoms. The molecule has 24 heavy (non-hydrogen) atoms. The number of anilines is 1. The zero-order chi connectivity index (χ0) is 16.9. The summed E-state index contributed by atoms with van der Waals surface area (Å²) in [5.41, 5.74) is 2.28. The van der Waals surface area contributed by atoms with Gasteiger partial charge in [0.2, 0.25) is 0 Å². The topological polar surface area (TPSA) is 61.4 Å². The number of rotatable bonds is 4. The lowest BCUT2D eigenvalue weighted by molar-refractivity contribution is 0.102. The van der Waals surface area contributed by atoms with E-state index >= 15 is 0 Å². The molecule has 1 N–H and O–H groups in total. The van der Waals surface area contributed by atoms with Crippen molar-refractivity contribution >= 4 is 11.6 Å². The molecular formula is C18H23N5O. The van der Waals surface area contributed by atoms with E-state index in [1.807, 2.05) is 31.2 Å². The Morgan fingerprint density at radius 2 is 2.00 bits per heavy atom. The maximum absolute atomic E-state index is 12.4. The van der Waals surface area contributed by atoms with Crippen molar-refractivity contribution in [1.29, 1.82) is 0 Å². The molecular weight excluding hydrogens is 302 g/mol. The van der Waals surface area contributed by atoms with Crippen LogP contribution >= 0.6 is 0 Å². The van der Waals surface area contributed by atoms with Crippen molar-refractivity contribution in [3.8, 4) is 0 Å². The second-order valence-electron chi connectivity index (χ2n) is 6.26. The Bertz CT molecular complexity index is 710. The molecule has 1 aliphatic heterocycles. The first-order valence-electron chi connectivity index (χ1n) is 8.21. The SMILES string of the molecule is Cc1cccc(NC(=O)c2ccnc(CN3CCN(C)CC3)n2)c1. The Morgan fingerprint density at radius 1 is 1.21 bits per heavy atom. The highest BCUT2D eigenvalue weighted by Crippen LogP contribution is 2.11. The highest BCUT2D eigenvalue weighted by Gasteiger charge is 2.16. The van der Waals surface area contributed by atoms with Crippen LogP contribution in [0.5, 0.6) is 0 Å². The van der Waals surface area contributed by atoms with Gasteiger partial charge >= 0.3 is 0 Å². The number of amides is 1. The third kappa shape index (κ3) is 4.37. The Kier molecular flexibility index (Phi) is 5.17. The van der Waals surface area contributed by atoms with Gasteiger partial charge in [-0.1, -0.05) is 12.1 Å². The van der Waals surface area contributed by atoms with Gasteiger partial charge < -0.3 is 10.2 Å². The van der Waals surface area contributed by atoms with Crippen LogP contribution in [0.15, 0.2) is 36.5 Å². The fraction of sp³-hybridized carbons (Fsp3) is 0.389. The minimum atomic E-state index is -0.206. The molecule has 1 amide bonds. The molecule has 1 saturated heterocycles. The van der Waals surface area contributed by atoms with Crippen molar-refractivity contribution in [3.63, 3.8) is 0 Å². The minimum Gasteiger partial charge on any atom is -0.321 e. The van der Waals surface area contributed by atoms with Crippen LogP contribution in [-0.4, -0.2) is 58.9 Å². The maximum Gasteiger partial charge on any atom is 0.274 e. The summed E-state index contributed by atoms with van der Waals surface area (Å²) in [4.78, 5) is 25.8. The van der Waals surface area contributed by atoms with Crippen LogP contribution in [0, 0.1) is 6.92 Å². The molecule has 1 aromatic heterocycles. The first-order chi connectivity index (χ1) is 11.6. The summed E-state index contributed by atoms with van der Waals surface area (Å²) >= 11 is 0. The van der Waals surface area contributed by atoms with Crippen molar-refractivity contribution < 1.29 is 4.79 Å². The fourth-order valence-electron chi connectivity index (χ4n) is 2.73. The minimum absolute atomic E-state index is 0.206. The molecule has 2 heterocycles. The van der Waals surface area contributed by atoms with Crippen molar-refractivity contribution in [2.75, 3.05) is 38.5 Å². The lowest BCUT2D eigenvalue weighted by atomic mass is 10.2. The molecule has 6 nitrogen and oxygen atoms in total. The lowest BCUT2D eigenvalue weighted by Gasteiger charge is -2.31. The van der Waals surface area contributed by atoms with Gasteiger partial charge in [-0.15, -0.1) is 0 Å². The second kappa shape index (κ2) is 7.51. The van der Waals surface area contributed by atoms with Crippen molar-refractivity contribution in [2.45, 2.75) is 13.5 Å². The molecule has 0 aliphatic carbocycles. The summed E-state index contributed by atoms with van der Waals surface area (Å²) in [6.45, 7) is 6.77. The number of nitrogens with one attached hydrogen (secondary N) is 1. The monoisotopic (exact) mass is 325 g/mol. The first-order valence-corrected chi connectivity index (χ1v) is 8.21. The van der Waals surface area contributed by atoms with Gasteiger partial charge in [-0.3, -0.25) is 9.69 Å². The van der Waals surface area contributed by atoms with Gasteiger partial charge in [-0.2, -0.15) is 0 Å². The summed E-state index contributed by atoms with van der Waals surface area (Å²) in [6.07, 6.45) is 1.66. The standard InChI is InChI=1S/C18H23N5O/c1-14-4-3-5-15(12-14)20-18(24)16-6-7-19-17(21-16)13-23-10-8-22(2)9-11-23/h3-7,12H,8-11,13H2,1-2H3,(H,20,24). The molecule has 0 radical (unpaired) electrons. The van der Waals surface area contributed by atoms with Crippen LogP contribution < -0.4 is 5.32 Å². The Hall–Kier alpha value is -2.31. The number of hydrogen-bond donors (Lipinski definition) is 1. The van der Waals surface area contributed by atoms with E-state index in [1.54, 1.807) is 12.3 Å². The number of carbonyl (C=O) groups excluding carboxylic acids is 1. The lowest BCUT2D eigenvalue weighted by Crippen LogP contribution is -2.44. The Labute approximate surface area is 142 Å². The molecule has 0 spiro atoms. The number of carbonyl (C=O) groups is 1.